The number of hydrogen-bond donors (Lipinski definition) is 1. The molecule has 4 nitrogen and oxygen atoms in total. The highest BCUT2D eigenvalue weighted by atomic mass is 35.5. The lowest BCUT2D eigenvalue weighted by Gasteiger charge is -2.47. The Morgan fingerprint density at radius 3 is 2.33 bits per heavy atom. The van der Waals surface area contributed by atoms with Crippen LogP contribution in [0, 0.1) is 0 Å². The summed E-state index contributed by atoms with van der Waals surface area (Å²) in [6, 6.07) is 8.15. The molecule has 0 amide bonds. The molecule has 1 aliphatic rings. The first-order valence-electron chi connectivity index (χ1n) is 8.55. The summed E-state index contributed by atoms with van der Waals surface area (Å²) in [5.74, 6) is -0.228. The van der Waals surface area contributed by atoms with Crippen molar-refractivity contribution >= 4 is 17.6 Å². The average Bonchev–Trinajstić information content (AvgIpc) is 2.54. The van der Waals surface area contributed by atoms with Crippen LogP contribution in [0.5, 0.6) is 0 Å². The SMILES string of the molecule is COC(=O)CNCC1(c2ccc(Cl)cc2)CCN(C(C)(C)C)CC1. The lowest BCUT2D eigenvalue weighted by molar-refractivity contribution is -0.139. The number of carbonyl (C=O) groups is 1. The summed E-state index contributed by atoms with van der Waals surface area (Å²) in [7, 11) is 1.42. The second-order valence-electron chi connectivity index (χ2n) is 7.62. The summed E-state index contributed by atoms with van der Waals surface area (Å²) < 4.78 is 4.73. The number of methoxy groups -OCH3 is 1. The number of halogens is 1. The summed E-state index contributed by atoms with van der Waals surface area (Å²) in [4.78, 5) is 13.9. The first-order chi connectivity index (χ1) is 11.3. The normalized spacial score (nSPS) is 18.4. The Bertz CT molecular complexity index is 543. The van der Waals surface area contributed by atoms with Gasteiger partial charge in [-0.3, -0.25) is 9.69 Å². The molecule has 1 saturated heterocycles. The van der Waals surface area contributed by atoms with E-state index in [1.165, 1.54) is 12.7 Å². The van der Waals surface area contributed by atoms with Gasteiger partial charge in [-0.2, -0.15) is 0 Å². The Balaban J connectivity index is 2.14. The van der Waals surface area contributed by atoms with Crippen molar-refractivity contribution in [1.29, 1.82) is 0 Å². The second kappa shape index (κ2) is 7.85. The summed E-state index contributed by atoms with van der Waals surface area (Å²) in [5.41, 5.74) is 1.50. The van der Waals surface area contributed by atoms with Gasteiger partial charge in [-0.25, -0.2) is 0 Å². The maximum Gasteiger partial charge on any atom is 0.319 e. The Morgan fingerprint density at radius 2 is 1.83 bits per heavy atom. The standard InChI is InChI=1S/C19H29ClN2O2/c1-18(2,3)22-11-9-19(10-12-22,14-21-13-17(23)24-4)15-5-7-16(20)8-6-15/h5-8,21H,9-14H2,1-4H3. The van der Waals surface area contributed by atoms with Crippen LogP contribution in [0.3, 0.4) is 0 Å². The van der Waals surface area contributed by atoms with E-state index in [2.05, 4.69) is 43.1 Å². The Hall–Kier alpha value is -1.10. The van der Waals surface area contributed by atoms with E-state index >= 15 is 0 Å². The minimum absolute atomic E-state index is 0.0281. The summed E-state index contributed by atoms with van der Waals surface area (Å²) in [6.45, 7) is 9.89. The van der Waals surface area contributed by atoms with Crippen LogP contribution in [-0.4, -0.2) is 49.7 Å². The molecular formula is C19H29ClN2O2. The molecule has 0 radical (unpaired) electrons. The van der Waals surface area contributed by atoms with Crippen molar-refractivity contribution in [1.82, 2.24) is 10.2 Å². The van der Waals surface area contributed by atoms with Gasteiger partial charge in [-0.15, -0.1) is 0 Å². The van der Waals surface area contributed by atoms with Crippen LogP contribution in [0.1, 0.15) is 39.2 Å². The van der Waals surface area contributed by atoms with E-state index < -0.39 is 0 Å². The zero-order valence-corrected chi connectivity index (χ0v) is 15.9. The van der Waals surface area contributed by atoms with Gasteiger partial charge in [-0.1, -0.05) is 23.7 Å². The molecule has 5 heteroatoms. The lowest BCUT2D eigenvalue weighted by Crippen LogP contribution is -2.53. The lowest BCUT2D eigenvalue weighted by atomic mass is 9.72. The topological polar surface area (TPSA) is 41.6 Å². The minimum atomic E-state index is -0.228. The molecular weight excluding hydrogens is 324 g/mol. The van der Waals surface area contributed by atoms with E-state index in [1.54, 1.807) is 0 Å². The third-order valence-electron chi connectivity index (χ3n) is 5.09. The molecule has 1 aliphatic heterocycles. The molecule has 2 rings (SSSR count). The zero-order chi connectivity index (χ0) is 17.8. The largest absolute Gasteiger partial charge is 0.468 e. The van der Waals surface area contributed by atoms with E-state index in [4.69, 9.17) is 16.3 Å². The molecule has 1 N–H and O–H groups in total. The van der Waals surface area contributed by atoms with Gasteiger partial charge in [-0.05, 0) is 64.4 Å². The summed E-state index contributed by atoms with van der Waals surface area (Å²) in [5, 5.41) is 4.04. The number of ether oxygens (including phenoxy) is 1. The monoisotopic (exact) mass is 352 g/mol. The van der Waals surface area contributed by atoms with E-state index in [0.717, 1.165) is 37.5 Å². The highest BCUT2D eigenvalue weighted by Crippen LogP contribution is 2.37. The van der Waals surface area contributed by atoms with Crippen LogP contribution in [0.4, 0.5) is 0 Å². The van der Waals surface area contributed by atoms with Crippen LogP contribution >= 0.6 is 11.6 Å². The fourth-order valence-electron chi connectivity index (χ4n) is 3.45. The number of nitrogens with zero attached hydrogens (tertiary/aromatic N) is 1. The first-order valence-corrected chi connectivity index (χ1v) is 8.93. The fourth-order valence-corrected chi connectivity index (χ4v) is 3.58. The number of carbonyl (C=O) groups excluding carboxylic acids is 1. The highest BCUT2D eigenvalue weighted by molar-refractivity contribution is 6.30. The highest BCUT2D eigenvalue weighted by Gasteiger charge is 2.38. The molecule has 0 atom stereocenters. The van der Waals surface area contributed by atoms with Gasteiger partial charge in [0.25, 0.3) is 0 Å². The van der Waals surface area contributed by atoms with Crippen molar-refractivity contribution in [3.05, 3.63) is 34.9 Å². The molecule has 1 aromatic rings. The number of piperidine rings is 1. The van der Waals surface area contributed by atoms with Gasteiger partial charge in [0.15, 0.2) is 0 Å². The quantitative estimate of drug-likeness (QED) is 0.826. The number of nitrogens with one attached hydrogen (secondary N) is 1. The van der Waals surface area contributed by atoms with Gasteiger partial charge in [0, 0.05) is 22.5 Å². The number of benzene rings is 1. The van der Waals surface area contributed by atoms with Crippen LogP contribution in [-0.2, 0) is 14.9 Å². The number of esters is 1. The van der Waals surface area contributed by atoms with Gasteiger partial charge >= 0.3 is 5.97 Å². The summed E-state index contributed by atoms with van der Waals surface area (Å²) in [6.07, 6.45) is 2.11. The third-order valence-corrected chi connectivity index (χ3v) is 5.34. The molecule has 0 aliphatic carbocycles. The van der Waals surface area contributed by atoms with Crippen molar-refractivity contribution in [3.63, 3.8) is 0 Å². The second-order valence-corrected chi connectivity index (χ2v) is 8.06. The average molecular weight is 353 g/mol. The predicted molar refractivity (Wildman–Crippen MR) is 98.6 cm³/mol. The number of rotatable bonds is 5. The molecule has 0 spiro atoms. The van der Waals surface area contributed by atoms with E-state index in [1.807, 2.05) is 12.1 Å². The Kier molecular flexibility index (Phi) is 6.29. The molecule has 24 heavy (non-hydrogen) atoms. The minimum Gasteiger partial charge on any atom is -0.468 e. The molecule has 0 aromatic heterocycles. The molecule has 1 heterocycles. The first kappa shape index (κ1) is 19.2. The van der Waals surface area contributed by atoms with Crippen LogP contribution < -0.4 is 5.32 Å². The van der Waals surface area contributed by atoms with Crippen LogP contribution in [0.25, 0.3) is 0 Å². The van der Waals surface area contributed by atoms with Gasteiger partial charge in [0.05, 0.1) is 13.7 Å². The molecule has 0 bridgehead atoms. The van der Waals surface area contributed by atoms with Gasteiger partial charge < -0.3 is 10.1 Å². The zero-order valence-electron chi connectivity index (χ0n) is 15.2. The predicted octanol–water partition coefficient (Wildman–Crippen LogP) is 3.23. The summed E-state index contributed by atoms with van der Waals surface area (Å²) >= 11 is 6.06. The van der Waals surface area contributed by atoms with E-state index in [-0.39, 0.29) is 23.5 Å². The third kappa shape index (κ3) is 4.71. The molecule has 0 saturated carbocycles. The van der Waals surface area contributed by atoms with Crippen LogP contribution in [0.15, 0.2) is 24.3 Å². The fraction of sp³-hybridized carbons (Fsp3) is 0.632. The van der Waals surface area contributed by atoms with Gasteiger partial charge in [0.2, 0.25) is 0 Å². The van der Waals surface area contributed by atoms with Crippen molar-refractivity contribution in [3.8, 4) is 0 Å². The molecule has 1 fully saturated rings. The van der Waals surface area contributed by atoms with Crippen molar-refractivity contribution in [2.45, 2.75) is 44.6 Å². The van der Waals surface area contributed by atoms with Crippen molar-refractivity contribution in [2.24, 2.45) is 0 Å². The smallest absolute Gasteiger partial charge is 0.319 e. The maximum absolute atomic E-state index is 11.4. The van der Waals surface area contributed by atoms with Crippen molar-refractivity contribution in [2.75, 3.05) is 33.3 Å². The van der Waals surface area contributed by atoms with Gasteiger partial charge in [0.1, 0.15) is 0 Å². The van der Waals surface area contributed by atoms with E-state index in [9.17, 15) is 4.79 Å². The van der Waals surface area contributed by atoms with Crippen LogP contribution in [0.2, 0.25) is 5.02 Å². The van der Waals surface area contributed by atoms with E-state index in [0.29, 0.717) is 0 Å². The molecule has 134 valence electrons. The number of hydrogen-bond acceptors (Lipinski definition) is 4. The molecule has 0 unspecified atom stereocenters. The molecule has 1 aromatic carbocycles. The Labute approximate surface area is 150 Å². The number of likely N-dealkylation sites (tertiary alicyclic amines) is 1. The Morgan fingerprint density at radius 1 is 1.25 bits per heavy atom. The van der Waals surface area contributed by atoms with Crippen molar-refractivity contribution < 1.29 is 9.53 Å². The maximum atomic E-state index is 11.4.